The zero-order chi connectivity index (χ0) is 13.0. The maximum absolute atomic E-state index is 11.2. The molecule has 0 saturated heterocycles. The van der Waals surface area contributed by atoms with E-state index < -0.39 is 11.9 Å². The van der Waals surface area contributed by atoms with Crippen LogP contribution in [0.4, 0.5) is 0 Å². The molecule has 0 fully saturated rings. The molecule has 1 heterocycles. The highest BCUT2D eigenvalue weighted by atomic mass is 79.9. The van der Waals surface area contributed by atoms with E-state index >= 15 is 0 Å². The molecule has 0 amide bonds. The maximum Gasteiger partial charge on any atom is 0.314 e. The Labute approximate surface area is 108 Å². The van der Waals surface area contributed by atoms with E-state index in [1.807, 2.05) is 13.8 Å². The van der Waals surface area contributed by atoms with Gasteiger partial charge in [0.25, 0.3) is 0 Å². The molecule has 1 rings (SSSR count). The molecule has 0 aliphatic carbocycles. The smallest absolute Gasteiger partial charge is 0.314 e. The second-order valence-corrected chi connectivity index (χ2v) is 4.96. The first-order chi connectivity index (χ1) is 7.95. The fourth-order valence-corrected chi connectivity index (χ4v) is 1.82. The van der Waals surface area contributed by atoms with E-state index in [-0.39, 0.29) is 11.7 Å². The number of carboxylic acids is 1. The van der Waals surface area contributed by atoms with Crippen LogP contribution in [0.1, 0.15) is 32.0 Å². The number of hydrogen-bond donors (Lipinski definition) is 1. The molecule has 0 aliphatic rings. The molecule has 1 unspecified atom stereocenters. The zero-order valence-corrected chi connectivity index (χ0v) is 11.6. The molecule has 0 radical (unpaired) electrons. The molecule has 0 bridgehead atoms. The summed E-state index contributed by atoms with van der Waals surface area (Å²) in [6, 6.07) is 0. The maximum atomic E-state index is 11.2. The summed E-state index contributed by atoms with van der Waals surface area (Å²) in [5.41, 5.74) is 0. The summed E-state index contributed by atoms with van der Waals surface area (Å²) in [6.45, 7) is 3.93. The van der Waals surface area contributed by atoms with Gasteiger partial charge in [0, 0.05) is 6.20 Å². The minimum atomic E-state index is -0.914. The van der Waals surface area contributed by atoms with Crippen molar-refractivity contribution in [3.8, 4) is 5.88 Å². The lowest BCUT2D eigenvalue weighted by molar-refractivity contribution is -0.139. The van der Waals surface area contributed by atoms with Crippen LogP contribution in [0.2, 0.25) is 0 Å². The molecule has 6 heteroatoms. The Morgan fingerprint density at radius 3 is 2.71 bits per heavy atom. The van der Waals surface area contributed by atoms with Crippen molar-refractivity contribution >= 4 is 21.9 Å². The van der Waals surface area contributed by atoms with Gasteiger partial charge in [-0.3, -0.25) is 4.79 Å². The molecule has 94 valence electrons. The van der Waals surface area contributed by atoms with E-state index in [1.54, 1.807) is 0 Å². The molecule has 0 spiro atoms. The number of ether oxygens (including phenoxy) is 1. The molecule has 1 aromatic heterocycles. The molecule has 0 aromatic carbocycles. The third-order valence-electron chi connectivity index (χ3n) is 2.24. The van der Waals surface area contributed by atoms with E-state index in [2.05, 4.69) is 25.9 Å². The van der Waals surface area contributed by atoms with Crippen LogP contribution in [0.25, 0.3) is 0 Å². The predicted molar refractivity (Wildman–Crippen MR) is 66.1 cm³/mol. The van der Waals surface area contributed by atoms with Crippen LogP contribution in [0.15, 0.2) is 10.7 Å². The van der Waals surface area contributed by atoms with Crippen molar-refractivity contribution < 1.29 is 14.6 Å². The van der Waals surface area contributed by atoms with Crippen LogP contribution in [0, 0.1) is 5.92 Å². The van der Waals surface area contributed by atoms with E-state index in [4.69, 9.17) is 4.74 Å². The number of rotatable bonds is 5. The fraction of sp³-hybridized carbons (Fsp3) is 0.545. The molecule has 1 atom stereocenters. The first-order valence-electron chi connectivity index (χ1n) is 5.25. The average molecular weight is 303 g/mol. The summed E-state index contributed by atoms with van der Waals surface area (Å²) < 4.78 is 5.64. The Bertz CT molecular complexity index is 410. The number of aliphatic carboxylic acids is 1. The van der Waals surface area contributed by atoms with E-state index in [1.165, 1.54) is 13.3 Å². The number of halogens is 1. The number of methoxy groups -OCH3 is 1. The van der Waals surface area contributed by atoms with Gasteiger partial charge >= 0.3 is 5.97 Å². The third-order valence-corrected chi connectivity index (χ3v) is 2.78. The highest BCUT2D eigenvalue weighted by molar-refractivity contribution is 9.10. The molecular weight excluding hydrogens is 288 g/mol. The van der Waals surface area contributed by atoms with Crippen molar-refractivity contribution in [2.75, 3.05) is 7.11 Å². The Hall–Kier alpha value is -1.17. The predicted octanol–water partition coefficient (Wildman–Crippen LogP) is 2.46. The van der Waals surface area contributed by atoms with Crippen LogP contribution >= 0.6 is 15.9 Å². The van der Waals surface area contributed by atoms with Crippen molar-refractivity contribution in [3.05, 3.63) is 16.5 Å². The van der Waals surface area contributed by atoms with Crippen molar-refractivity contribution in [2.45, 2.75) is 26.2 Å². The zero-order valence-electron chi connectivity index (χ0n) is 9.98. The van der Waals surface area contributed by atoms with Crippen LogP contribution in [0.5, 0.6) is 5.88 Å². The van der Waals surface area contributed by atoms with Gasteiger partial charge in [-0.1, -0.05) is 13.8 Å². The quantitative estimate of drug-likeness (QED) is 0.904. The molecule has 0 saturated carbocycles. The normalized spacial score (nSPS) is 12.5. The fourth-order valence-electron chi connectivity index (χ4n) is 1.46. The lowest BCUT2D eigenvalue weighted by Crippen LogP contribution is -2.17. The minimum absolute atomic E-state index is 0.259. The second-order valence-electron chi connectivity index (χ2n) is 4.11. The second kappa shape index (κ2) is 5.95. The number of nitrogens with zero attached hydrogens (tertiary/aromatic N) is 2. The largest absolute Gasteiger partial charge is 0.481 e. The molecular formula is C11H15BrN2O3. The van der Waals surface area contributed by atoms with Crippen LogP contribution < -0.4 is 4.74 Å². The van der Waals surface area contributed by atoms with E-state index in [0.29, 0.717) is 16.8 Å². The van der Waals surface area contributed by atoms with Crippen molar-refractivity contribution in [2.24, 2.45) is 5.92 Å². The van der Waals surface area contributed by atoms with Gasteiger partial charge in [-0.15, -0.1) is 0 Å². The lowest BCUT2D eigenvalue weighted by atomic mass is 9.96. The summed E-state index contributed by atoms with van der Waals surface area (Å²) in [6.07, 6.45) is 2.01. The summed E-state index contributed by atoms with van der Waals surface area (Å²) >= 11 is 3.23. The topological polar surface area (TPSA) is 72.3 Å². The summed E-state index contributed by atoms with van der Waals surface area (Å²) in [5, 5.41) is 9.18. The van der Waals surface area contributed by atoms with Gasteiger partial charge in [0.05, 0.1) is 11.6 Å². The summed E-state index contributed by atoms with van der Waals surface area (Å²) in [7, 11) is 1.48. The molecule has 17 heavy (non-hydrogen) atoms. The first kappa shape index (κ1) is 13.9. The van der Waals surface area contributed by atoms with Crippen molar-refractivity contribution in [1.29, 1.82) is 0 Å². The third kappa shape index (κ3) is 3.66. The summed E-state index contributed by atoms with van der Waals surface area (Å²) in [5.74, 6) is -0.717. The number of hydrogen-bond acceptors (Lipinski definition) is 4. The SMILES string of the molecule is COc1nc(C(CC(C)C)C(=O)O)ncc1Br. The Morgan fingerprint density at radius 1 is 1.59 bits per heavy atom. The Morgan fingerprint density at radius 2 is 2.24 bits per heavy atom. The van der Waals surface area contributed by atoms with Gasteiger partial charge in [-0.25, -0.2) is 4.98 Å². The number of aromatic nitrogens is 2. The van der Waals surface area contributed by atoms with Gasteiger partial charge in [-0.2, -0.15) is 4.98 Å². The van der Waals surface area contributed by atoms with Gasteiger partial charge < -0.3 is 9.84 Å². The molecule has 0 aliphatic heterocycles. The highest BCUT2D eigenvalue weighted by Gasteiger charge is 2.24. The average Bonchev–Trinajstić information content (AvgIpc) is 2.26. The van der Waals surface area contributed by atoms with Crippen LogP contribution in [-0.4, -0.2) is 28.2 Å². The minimum Gasteiger partial charge on any atom is -0.481 e. The van der Waals surface area contributed by atoms with Crippen molar-refractivity contribution in [3.63, 3.8) is 0 Å². The van der Waals surface area contributed by atoms with Gasteiger partial charge in [0.15, 0.2) is 0 Å². The lowest BCUT2D eigenvalue weighted by Gasteiger charge is -2.14. The standard InChI is InChI=1S/C11H15BrN2O3/c1-6(2)4-7(11(15)16)9-13-5-8(12)10(14-9)17-3/h5-7H,4H2,1-3H3,(H,15,16). The number of carbonyl (C=O) groups is 1. The molecule has 1 N–H and O–H groups in total. The van der Waals surface area contributed by atoms with Crippen LogP contribution in [-0.2, 0) is 4.79 Å². The van der Waals surface area contributed by atoms with Crippen molar-refractivity contribution in [1.82, 2.24) is 9.97 Å². The first-order valence-corrected chi connectivity index (χ1v) is 6.04. The van der Waals surface area contributed by atoms with E-state index in [0.717, 1.165) is 0 Å². The van der Waals surface area contributed by atoms with Gasteiger partial charge in [-0.05, 0) is 28.3 Å². The molecule has 5 nitrogen and oxygen atoms in total. The van der Waals surface area contributed by atoms with Gasteiger partial charge in [0.1, 0.15) is 11.7 Å². The van der Waals surface area contributed by atoms with Gasteiger partial charge in [0.2, 0.25) is 5.88 Å². The van der Waals surface area contributed by atoms with Crippen LogP contribution in [0.3, 0.4) is 0 Å². The summed E-state index contributed by atoms with van der Waals surface area (Å²) in [4.78, 5) is 19.3. The highest BCUT2D eigenvalue weighted by Crippen LogP contribution is 2.26. The Balaban J connectivity index is 3.06. The van der Waals surface area contributed by atoms with E-state index in [9.17, 15) is 9.90 Å². The monoisotopic (exact) mass is 302 g/mol. The molecule has 1 aromatic rings. The Kier molecular flexibility index (Phi) is 4.86. The number of carboxylic acid groups (broad SMARTS) is 1.